The minimum atomic E-state index is -2.26. The molecule has 2 spiro atoms. The number of ether oxygens (including phenoxy) is 2. The zero-order valence-electron chi connectivity index (χ0n) is 32.4. The van der Waals surface area contributed by atoms with Crippen LogP contribution in [0.5, 0.6) is 5.75 Å². The molecule has 14 heteroatoms. The van der Waals surface area contributed by atoms with Gasteiger partial charge in [0.1, 0.15) is 52.0 Å². The lowest BCUT2D eigenvalue weighted by Crippen LogP contribution is -2.70. The van der Waals surface area contributed by atoms with Crippen LogP contribution in [0.3, 0.4) is 0 Å². The maximum absolute atomic E-state index is 15.4. The Kier molecular flexibility index (Phi) is 8.94. The lowest BCUT2D eigenvalue weighted by Gasteiger charge is -2.54. The summed E-state index contributed by atoms with van der Waals surface area (Å²) < 4.78 is 12.4. The first-order valence-electron chi connectivity index (χ1n) is 20.5. The first kappa shape index (κ1) is 38.7. The third-order valence-electron chi connectivity index (χ3n) is 14.5. The van der Waals surface area contributed by atoms with Crippen molar-refractivity contribution < 1.29 is 49.7 Å². The van der Waals surface area contributed by atoms with E-state index in [1.54, 1.807) is 30.5 Å². The average molecular weight is 849 g/mol. The van der Waals surface area contributed by atoms with Gasteiger partial charge in [-0.25, -0.2) is 4.98 Å². The van der Waals surface area contributed by atoms with Crippen LogP contribution in [0, 0.1) is 17.3 Å². The van der Waals surface area contributed by atoms with Crippen molar-refractivity contribution >= 4 is 44.5 Å². The molecule has 12 rings (SSSR count). The largest absolute Gasteiger partial charge is 0.511 e. The van der Waals surface area contributed by atoms with E-state index in [0.717, 1.165) is 51.8 Å². The smallest absolute Gasteiger partial charge is 0.229 e. The maximum Gasteiger partial charge on any atom is 0.229 e. The zero-order valence-corrected chi connectivity index (χ0v) is 34.0. The fraction of sp³-hybridized carbons (Fsp3) is 0.413. The molecule has 7 N–H and O–H groups in total. The van der Waals surface area contributed by atoms with Crippen molar-refractivity contribution in [2.75, 3.05) is 17.7 Å². The number of benzene rings is 2. The quantitative estimate of drug-likeness (QED) is 0.171. The van der Waals surface area contributed by atoms with Gasteiger partial charge in [0, 0.05) is 28.5 Å². The second-order valence-electron chi connectivity index (χ2n) is 17.5. The van der Waals surface area contributed by atoms with Crippen molar-refractivity contribution in [1.29, 1.82) is 0 Å². The van der Waals surface area contributed by atoms with Crippen molar-refractivity contribution in [3.8, 4) is 5.75 Å². The number of aromatic nitrogens is 1. The normalized spacial score (nSPS) is 36.0. The Morgan fingerprint density at radius 3 is 2.68 bits per heavy atom. The molecular formula is C46H44N2O10S2. The molecule has 12 bridgehead atoms. The second-order valence-corrected chi connectivity index (χ2v) is 20.0. The standard InChI is InChI=1S/C46H44N2O10S2/c49-18-23-5-1-4-22(14-23)15-24-16-30-37(52)26-6-2-8-31-35(26)39(54)45(30,33(51)17-24)21-59-60-42-27-10-9-25-28-7-3-12-44(28,29-11-13-47-41(48-42)36(29)34(25)27)20-46(56)38(53)32(19-50)58-43(57-31)40(46)55/h1-2,4-6,8-9,11,13-14,16-17,28,30,32,38,40,42-43,49-51,53,55-56H,3,7,10,12,15,18-21H2,(H,47,48). The summed E-state index contributed by atoms with van der Waals surface area (Å²) in [5.41, 5.74) is 2.88. The molecule has 10 unspecified atom stereocenters. The lowest BCUT2D eigenvalue weighted by atomic mass is 9.56. The second kappa shape index (κ2) is 13.9. The monoisotopic (exact) mass is 848 g/mol. The highest BCUT2D eigenvalue weighted by molar-refractivity contribution is 8.77. The first-order chi connectivity index (χ1) is 29.0. The number of hydrogen-bond donors (Lipinski definition) is 7. The van der Waals surface area contributed by atoms with Crippen molar-refractivity contribution in [2.45, 2.75) is 86.1 Å². The third kappa shape index (κ3) is 5.25. The van der Waals surface area contributed by atoms with Gasteiger partial charge in [-0.2, -0.15) is 0 Å². The van der Waals surface area contributed by atoms with E-state index in [0.29, 0.717) is 30.7 Å². The topological polar surface area (TPSA) is 199 Å². The Hall–Kier alpha value is -4.25. The lowest BCUT2D eigenvalue weighted by molar-refractivity contribution is -0.318. The molecule has 4 aliphatic heterocycles. The summed E-state index contributed by atoms with van der Waals surface area (Å²) in [5.74, 6) is -1.73. The van der Waals surface area contributed by atoms with E-state index in [1.807, 2.05) is 30.3 Å². The van der Waals surface area contributed by atoms with Gasteiger partial charge >= 0.3 is 0 Å². The summed E-state index contributed by atoms with van der Waals surface area (Å²) >= 11 is 0. The van der Waals surface area contributed by atoms with E-state index in [-0.39, 0.29) is 52.7 Å². The number of pyridine rings is 1. The number of Topliss-reactive ketones (excluding diaryl/α,β-unsaturated/α-hetero) is 2. The maximum atomic E-state index is 15.4. The molecule has 2 fully saturated rings. The fourth-order valence-electron chi connectivity index (χ4n) is 11.8. The van der Waals surface area contributed by atoms with Crippen molar-refractivity contribution in [3.05, 3.63) is 129 Å². The number of carbonyl (C=O) groups excluding carboxylic acids is 2. The summed E-state index contributed by atoms with van der Waals surface area (Å²) in [7, 11) is 2.93. The summed E-state index contributed by atoms with van der Waals surface area (Å²) in [6.07, 6.45) is 4.00. The van der Waals surface area contributed by atoms with Gasteiger partial charge in [-0.15, -0.1) is 0 Å². The number of anilines is 1. The Bertz CT molecular complexity index is 2520. The molecule has 3 aromatic rings. The van der Waals surface area contributed by atoms with Crippen LogP contribution < -0.4 is 10.1 Å². The number of nitrogens with zero attached hydrogens (tertiary/aromatic N) is 1. The van der Waals surface area contributed by atoms with Gasteiger partial charge in [0.25, 0.3) is 0 Å². The van der Waals surface area contributed by atoms with Crippen LogP contribution in [0.25, 0.3) is 5.57 Å². The molecule has 1 saturated heterocycles. The number of aliphatic hydroxyl groups is 6. The van der Waals surface area contributed by atoms with Crippen LogP contribution in [0.4, 0.5) is 5.82 Å². The molecular weight excluding hydrogens is 805 g/mol. The average Bonchev–Trinajstić information content (AvgIpc) is 3.89. The molecule has 310 valence electrons. The van der Waals surface area contributed by atoms with E-state index in [1.165, 1.54) is 27.7 Å². The van der Waals surface area contributed by atoms with Gasteiger partial charge in [-0.05, 0) is 95.2 Å². The van der Waals surface area contributed by atoms with Crippen molar-refractivity contribution in [1.82, 2.24) is 4.98 Å². The van der Waals surface area contributed by atoms with Gasteiger partial charge in [-0.3, -0.25) is 9.59 Å². The van der Waals surface area contributed by atoms with Crippen molar-refractivity contribution in [3.63, 3.8) is 0 Å². The van der Waals surface area contributed by atoms with Crippen LogP contribution >= 0.6 is 21.6 Å². The predicted octanol–water partition coefficient (Wildman–Crippen LogP) is 5.10. The van der Waals surface area contributed by atoms with E-state index in [4.69, 9.17) is 14.5 Å². The highest BCUT2D eigenvalue weighted by Crippen LogP contribution is 2.66. The molecule has 5 heterocycles. The highest BCUT2D eigenvalue weighted by atomic mass is 33.1. The number of rotatable bonds is 4. The number of ketones is 2. The van der Waals surface area contributed by atoms with Gasteiger partial charge in [0.15, 0.2) is 11.6 Å². The third-order valence-corrected chi connectivity index (χ3v) is 17.2. The molecule has 2 aromatic carbocycles. The first-order valence-corrected chi connectivity index (χ1v) is 22.9. The molecule has 5 aliphatic carbocycles. The Morgan fingerprint density at radius 2 is 1.85 bits per heavy atom. The number of carbonyl (C=O) groups is 2. The van der Waals surface area contributed by atoms with E-state index >= 15 is 4.79 Å². The number of hydrogen-bond acceptors (Lipinski definition) is 14. The van der Waals surface area contributed by atoms with Crippen LogP contribution in [0.15, 0.2) is 95.4 Å². The molecule has 1 aromatic heterocycles. The number of aliphatic hydroxyl groups excluding tert-OH is 5. The van der Waals surface area contributed by atoms with Gasteiger partial charge in [0.05, 0.1) is 24.7 Å². The molecule has 1 saturated carbocycles. The number of allylic oxidation sites excluding steroid dienone is 7. The summed E-state index contributed by atoms with van der Waals surface area (Å²) in [5, 5.41) is 73.0. The predicted molar refractivity (Wildman–Crippen MR) is 224 cm³/mol. The fourth-order valence-corrected chi connectivity index (χ4v) is 14.8. The molecule has 60 heavy (non-hydrogen) atoms. The van der Waals surface area contributed by atoms with E-state index < -0.39 is 65.1 Å². The Morgan fingerprint density at radius 1 is 1.02 bits per heavy atom. The zero-order chi connectivity index (χ0) is 41.3. The van der Waals surface area contributed by atoms with Gasteiger partial charge in [0.2, 0.25) is 6.29 Å². The highest BCUT2D eigenvalue weighted by Gasteiger charge is 2.64. The number of fused-ring (bicyclic) bond motifs is 2. The van der Waals surface area contributed by atoms with E-state index in [2.05, 4.69) is 11.4 Å². The summed E-state index contributed by atoms with van der Waals surface area (Å²) in [6, 6.07) is 14.0. The number of nitrogens with one attached hydrogen (secondary N) is 1. The minimum absolute atomic E-state index is 0.0149. The molecule has 12 nitrogen and oxygen atoms in total. The van der Waals surface area contributed by atoms with Crippen LogP contribution in [-0.4, -0.2) is 95.1 Å². The SMILES string of the molecule is O=C1c2cccc3c2C(=O)C2(CSSC4Nc5nccc6c5C5=C4CC=C5C4CCCC64CC4(O)C(O)C(CO)OC(O3)C4O)C(O)=CC(Cc3cccc(CO)c3)=CC12. The van der Waals surface area contributed by atoms with Crippen LogP contribution in [0.2, 0.25) is 0 Å². The van der Waals surface area contributed by atoms with Crippen LogP contribution in [0.1, 0.15) is 75.1 Å². The minimum Gasteiger partial charge on any atom is -0.511 e. The summed E-state index contributed by atoms with van der Waals surface area (Å²) in [6.45, 7) is -0.840. The molecule has 10 atom stereocenters. The van der Waals surface area contributed by atoms with Crippen LogP contribution in [-0.2, 0) is 23.2 Å². The van der Waals surface area contributed by atoms with Gasteiger partial charge < -0.3 is 45.4 Å². The Labute approximate surface area is 353 Å². The van der Waals surface area contributed by atoms with E-state index in [9.17, 15) is 35.4 Å². The van der Waals surface area contributed by atoms with Gasteiger partial charge in [-0.1, -0.05) is 76.6 Å². The molecule has 0 radical (unpaired) electrons. The molecule has 9 aliphatic rings. The van der Waals surface area contributed by atoms with Crippen molar-refractivity contribution in [2.24, 2.45) is 17.3 Å². The Balaban J connectivity index is 1.08. The molecule has 0 amide bonds. The summed E-state index contributed by atoms with van der Waals surface area (Å²) in [4.78, 5) is 35.1.